The van der Waals surface area contributed by atoms with E-state index in [1.165, 1.54) is 0 Å². The molecule has 1 amide bonds. The van der Waals surface area contributed by atoms with E-state index in [-0.39, 0.29) is 18.6 Å². The lowest BCUT2D eigenvalue weighted by atomic mass is 10.2. The summed E-state index contributed by atoms with van der Waals surface area (Å²) in [5.41, 5.74) is 1.50. The van der Waals surface area contributed by atoms with Crippen LogP contribution in [0.2, 0.25) is 0 Å². The molecule has 2 N–H and O–H groups in total. The van der Waals surface area contributed by atoms with Gasteiger partial charge in [0.25, 0.3) is 0 Å². The lowest BCUT2D eigenvalue weighted by Gasteiger charge is -2.15. The van der Waals surface area contributed by atoms with Gasteiger partial charge in [-0.05, 0) is 45.0 Å². The molecule has 5 heteroatoms. The number of anilines is 2. The molecule has 0 atom stereocenters. The maximum atomic E-state index is 12.1. The largest absolute Gasteiger partial charge is 0.494 e. The lowest BCUT2D eigenvalue weighted by Crippen LogP contribution is -2.22. The van der Waals surface area contributed by atoms with E-state index in [0.717, 1.165) is 17.2 Å². The third-order valence-electron chi connectivity index (χ3n) is 3.12. The van der Waals surface area contributed by atoms with Crippen molar-refractivity contribution in [1.82, 2.24) is 0 Å². The Balaban J connectivity index is 1.93. The quantitative estimate of drug-likeness (QED) is 0.771. The summed E-state index contributed by atoms with van der Waals surface area (Å²) in [4.78, 5) is 12.1. The smallest absolute Gasteiger partial charge is 0.243 e. The molecular formula is C19H24N2O3. The fraction of sp³-hybridized carbons (Fsp3) is 0.316. The molecule has 2 rings (SSSR count). The van der Waals surface area contributed by atoms with Crippen molar-refractivity contribution in [2.45, 2.75) is 26.9 Å². The number of hydrogen-bond donors (Lipinski definition) is 2. The second kappa shape index (κ2) is 8.82. The highest BCUT2D eigenvalue weighted by Gasteiger charge is 2.07. The zero-order chi connectivity index (χ0) is 17.4. The molecule has 0 aromatic heterocycles. The predicted molar refractivity (Wildman–Crippen MR) is 96.9 cm³/mol. The van der Waals surface area contributed by atoms with Crippen molar-refractivity contribution in [3.8, 4) is 11.5 Å². The van der Waals surface area contributed by atoms with Crippen LogP contribution < -0.4 is 20.1 Å². The van der Waals surface area contributed by atoms with Crippen LogP contribution in [0.15, 0.2) is 48.5 Å². The highest BCUT2D eigenvalue weighted by atomic mass is 16.5. The summed E-state index contributed by atoms with van der Waals surface area (Å²) >= 11 is 0. The summed E-state index contributed by atoms with van der Waals surface area (Å²) in [6.07, 6.45) is 0.0723. The highest BCUT2D eigenvalue weighted by molar-refractivity contribution is 5.94. The summed E-state index contributed by atoms with van der Waals surface area (Å²) in [6.45, 7) is 6.60. The van der Waals surface area contributed by atoms with E-state index in [4.69, 9.17) is 9.47 Å². The number of nitrogens with one attached hydrogen (secondary N) is 2. The van der Waals surface area contributed by atoms with Gasteiger partial charge in [0.15, 0.2) is 0 Å². The molecule has 2 aromatic rings. The summed E-state index contributed by atoms with van der Waals surface area (Å²) in [5.74, 6) is 1.33. The summed E-state index contributed by atoms with van der Waals surface area (Å²) in [6, 6.07) is 14.9. The Kier molecular flexibility index (Phi) is 6.49. The Morgan fingerprint density at radius 2 is 1.92 bits per heavy atom. The van der Waals surface area contributed by atoms with Gasteiger partial charge in [-0.25, -0.2) is 0 Å². The molecule has 0 spiro atoms. The first kappa shape index (κ1) is 17.7. The lowest BCUT2D eigenvalue weighted by molar-refractivity contribution is -0.114. The zero-order valence-electron chi connectivity index (χ0n) is 14.3. The third kappa shape index (κ3) is 5.50. The topological polar surface area (TPSA) is 59.6 Å². The van der Waals surface area contributed by atoms with Gasteiger partial charge in [0.2, 0.25) is 5.91 Å². The summed E-state index contributed by atoms with van der Waals surface area (Å²) in [7, 11) is 0. The number of benzene rings is 2. The van der Waals surface area contributed by atoms with Gasteiger partial charge in [0, 0.05) is 11.8 Å². The molecule has 128 valence electrons. The van der Waals surface area contributed by atoms with Gasteiger partial charge >= 0.3 is 0 Å². The maximum absolute atomic E-state index is 12.1. The van der Waals surface area contributed by atoms with Crippen molar-refractivity contribution in [3.05, 3.63) is 48.5 Å². The van der Waals surface area contributed by atoms with Crippen molar-refractivity contribution >= 4 is 17.3 Å². The SMILES string of the molecule is CCOc1cccc(NC(=O)CNc2ccccc2OC(C)C)c1. The molecule has 0 aliphatic rings. The minimum Gasteiger partial charge on any atom is -0.494 e. The van der Waals surface area contributed by atoms with E-state index in [9.17, 15) is 4.79 Å². The van der Waals surface area contributed by atoms with Gasteiger partial charge in [-0.3, -0.25) is 4.79 Å². The van der Waals surface area contributed by atoms with Crippen LogP contribution in [0.1, 0.15) is 20.8 Å². The fourth-order valence-corrected chi connectivity index (χ4v) is 2.18. The first-order valence-electron chi connectivity index (χ1n) is 8.10. The Morgan fingerprint density at radius 3 is 2.67 bits per heavy atom. The minimum atomic E-state index is -0.136. The number of para-hydroxylation sites is 2. The Bertz CT molecular complexity index is 671. The molecular weight excluding hydrogens is 304 g/mol. The standard InChI is InChI=1S/C19H24N2O3/c1-4-23-16-9-7-8-15(12-16)21-19(22)13-20-17-10-5-6-11-18(17)24-14(2)3/h5-12,14,20H,4,13H2,1-3H3,(H,21,22). The number of amides is 1. The van der Waals surface area contributed by atoms with Crippen LogP contribution in [0.4, 0.5) is 11.4 Å². The minimum absolute atomic E-state index is 0.0723. The monoisotopic (exact) mass is 328 g/mol. The second-order valence-corrected chi connectivity index (χ2v) is 5.53. The van der Waals surface area contributed by atoms with E-state index in [2.05, 4.69) is 10.6 Å². The molecule has 0 saturated carbocycles. The van der Waals surface area contributed by atoms with Crippen LogP contribution in [0, 0.1) is 0 Å². The van der Waals surface area contributed by atoms with Crippen LogP contribution in [-0.4, -0.2) is 25.2 Å². The van der Waals surface area contributed by atoms with Crippen LogP contribution in [0.3, 0.4) is 0 Å². The van der Waals surface area contributed by atoms with Crippen LogP contribution in [-0.2, 0) is 4.79 Å². The zero-order valence-corrected chi connectivity index (χ0v) is 14.3. The first-order valence-corrected chi connectivity index (χ1v) is 8.10. The predicted octanol–water partition coefficient (Wildman–Crippen LogP) is 3.92. The molecule has 2 aromatic carbocycles. The summed E-state index contributed by atoms with van der Waals surface area (Å²) < 4.78 is 11.2. The Labute approximate surface area is 143 Å². The number of carbonyl (C=O) groups excluding carboxylic acids is 1. The molecule has 0 aliphatic heterocycles. The summed E-state index contributed by atoms with van der Waals surface area (Å²) in [5, 5.41) is 5.96. The Morgan fingerprint density at radius 1 is 1.12 bits per heavy atom. The van der Waals surface area contributed by atoms with E-state index >= 15 is 0 Å². The fourth-order valence-electron chi connectivity index (χ4n) is 2.18. The molecule has 0 bridgehead atoms. The highest BCUT2D eigenvalue weighted by Crippen LogP contribution is 2.24. The average molecular weight is 328 g/mol. The molecule has 0 fully saturated rings. The molecule has 0 radical (unpaired) electrons. The van der Waals surface area contributed by atoms with Gasteiger partial charge in [-0.2, -0.15) is 0 Å². The molecule has 0 unspecified atom stereocenters. The van der Waals surface area contributed by atoms with E-state index in [1.807, 2.05) is 63.2 Å². The van der Waals surface area contributed by atoms with E-state index in [0.29, 0.717) is 12.3 Å². The normalized spacial score (nSPS) is 10.3. The molecule has 5 nitrogen and oxygen atoms in total. The van der Waals surface area contributed by atoms with Crippen molar-refractivity contribution in [1.29, 1.82) is 0 Å². The van der Waals surface area contributed by atoms with Crippen molar-refractivity contribution in [2.75, 3.05) is 23.8 Å². The number of rotatable bonds is 8. The van der Waals surface area contributed by atoms with Gasteiger partial charge in [0.05, 0.1) is 24.9 Å². The van der Waals surface area contributed by atoms with Crippen molar-refractivity contribution in [3.63, 3.8) is 0 Å². The average Bonchev–Trinajstić information content (AvgIpc) is 2.54. The van der Waals surface area contributed by atoms with Crippen LogP contribution in [0.25, 0.3) is 0 Å². The molecule has 0 heterocycles. The number of hydrogen-bond acceptors (Lipinski definition) is 4. The molecule has 0 saturated heterocycles. The van der Waals surface area contributed by atoms with Crippen molar-refractivity contribution < 1.29 is 14.3 Å². The van der Waals surface area contributed by atoms with Gasteiger partial charge in [0.1, 0.15) is 11.5 Å². The maximum Gasteiger partial charge on any atom is 0.243 e. The van der Waals surface area contributed by atoms with E-state index < -0.39 is 0 Å². The van der Waals surface area contributed by atoms with Crippen molar-refractivity contribution in [2.24, 2.45) is 0 Å². The first-order chi connectivity index (χ1) is 11.6. The van der Waals surface area contributed by atoms with Crippen LogP contribution >= 0.6 is 0 Å². The van der Waals surface area contributed by atoms with E-state index in [1.54, 1.807) is 6.07 Å². The Hall–Kier alpha value is -2.69. The van der Waals surface area contributed by atoms with Gasteiger partial charge in [-0.15, -0.1) is 0 Å². The van der Waals surface area contributed by atoms with Gasteiger partial charge < -0.3 is 20.1 Å². The van der Waals surface area contributed by atoms with Crippen LogP contribution in [0.5, 0.6) is 11.5 Å². The third-order valence-corrected chi connectivity index (χ3v) is 3.12. The van der Waals surface area contributed by atoms with Gasteiger partial charge in [-0.1, -0.05) is 18.2 Å². The number of ether oxygens (including phenoxy) is 2. The second-order valence-electron chi connectivity index (χ2n) is 5.53. The number of carbonyl (C=O) groups is 1. The molecule has 0 aliphatic carbocycles. The molecule has 24 heavy (non-hydrogen) atoms.